The number of carbonyl (C=O) groups excluding carboxylic acids is 3. The lowest BCUT2D eigenvalue weighted by molar-refractivity contribution is -0.157. The van der Waals surface area contributed by atoms with Crippen LogP contribution < -0.4 is 10.2 Å². The molecule has 0 saturated carbocycles. The number of hydrogen-bond acceptors (Lipinski definition) is 6. The monoisotopic (exact) mass is 327 g/mol. The number of carbonyl (C=O) groups is 3. The number of amides is 3. The first-order valence-corrected chi connectivity index (χ1v) is 7.71. The Kier molecular flexibility index (Phi) is 4.96. The summed E-state index contributed by atoms with van der Waals surface area (Å²) in [7, 11) is 0. The lowest BCUT2D eigenvalue weighted by atomic mass is 10.3. The van der Waals surface area contributed by atoms with Crippen molar-refractivity contribution in [2.24, 2.45) is 0 Å². The number of aromatic nitrogens is 1. The van der Waals surface area contributed by atoms with Crippen molar-refractivity contribution in [2.75, 3.05) is 13.1 Å². The van der Waals surface area contributed by atoms with Gasteiger partial charge in [0.15, 0.2) is 6.10 Å². The van der Waals surface area contributed by atoms with Crippen molar-refractivity contribution in [3.8, 4) is 0 Å². The van der Waals surface area contributed by atoms with Gasteiger partial charge < -0.3 is 14.6 Å². The van der Waals surface area contributed by atoms with Crippen molar-refractivity contribution in [2.45, 2.75) is 32.9 Å². The Morgan fingerprint density at radius 1 is 1.45 bits per heavy atom. The van der Waals surface area contributed by atoms with E-state index in [1.165, 1.54) is 11.5 Å². The van der Waals surface area contributed by atoms with Gasteiger partial charge in [0.05, 0.1) is 6.42 Å². The predicted octanol–water partition coefficient (Wildman–Crippen LogP) is 0.0918. The van der Waals surface area contributed by atoms with E-state index in [1.54, 1.807) is 12.3 Å². The summed E-state index contributed by atoms with van der Waals surface area (Å²) in [4.78, 5) is 47.5. The summed E-state index contributed by atoms with van der Waals surface area (Å²) in [6.45, 7) is 4.07. The Balaban J connectivity index is 1.85. The van der Waals surface area contributed by atoms with Gasteiger partial charge in [0.1, 0.15) is 0 Å². The second-order valence-corrected chi connectivity index (χ2v) is 5.72. The number of imide groups is 1. The molecule has 1 N–H and O–H groups in total. The van der Waals surface area contributed by atoms with Crippen molar-refractivity contribution < 1.29 is 19.1 Å². The largest absolute Gasteiger partial charge is 0.452 e. The van der Waals surface area contributed by atoms with Crippen LogP contribution >= 0.6 is 11.3 Å². The molecule has 1 aromatic heterocycles. The number of urea groups is 1. The highest BCUT2D eigenvalue weighted by Crippen LogP contribution is 2.06. The molecule has 2 rings (SSSR count). The van der Waals surface area contributed by atoms with Crippen molar-refractivity contribution in [3.63, 3.8) is 0 Å². The van der Waals surface area contributed by atoms with E-state index < -0.39 is 24.0 Å². The smallest absolute Gasteiger partial charge is 0.324 e. The molecular formula is C13H17N3O5S. The average molecular weight is 327 g/mol. The summed E-state index contributed by atoms with van der Waals surface area (Å²) in [6.07, 6.45) is -1.04. The van der Waals surface area contributed by atoms with Gasteiger partial charge in [0.25, 0.3) is 5.91 Å². The Labute approximate surface area is 130 Å². The number of nitrogens with zero attached hydrogens (tertiary/aromatic N) is 2. The number of thiazole rings is 1. The van der Waals surface area contributed by atoms with Crippen LogP contribution in [-0.4, -0.2) is 46.6 Å². The molecule has 0 bridgehead atoms. The zero-order chi connectivity index (χ0) is 16.3. The van der Waals surface area contributed by atoms with E-state index in [4.69, 9.17) is 4.74 Å². The summed E-state index contributed by atoms with van der Waals surface area (Å²) in [6, 6.07) is -0.478. The third kappa shape index (κ3) is 3.53. The van der Waals surface area contributed by atoms with Crippen LogP contribution in [0, 0.1) is 6.92 Å². The fourth-order valence-electron chi connectivity index (χ4n) is 2.09. The SMILES string of the molecule is Cc1csc(=O)n1CCC(=O)O[C@H](C)C(=O)N1CCNC1=O. The Morgan fingerprint density at radius 2 is 2.18 bits per heavy atom. The summed E-state index contributed by atoms with van der Waals surface area (Å²) in [5.74, 6) is -1.13. The summed E-state index contributed by atoms with van der Waals surface area (Å²) in [5.41, 5.74) is 0.778. The van der Waals surface area contributed by atoms with Gasteiger partial charge in [-0.05, 0) is 13.8 Å². The molecule has 1 aromatic rings. The number of nitrogens with one attached hydrogen (secondary N) is 1. The molecule has 0 aliphatic carbocycles. The van der Waals surface area contributed by atoms with Crippen LogP contribution in [0.3, 0.4) is 0 Å². The van der Waals surface area contributed by atoms with E-state index in [2.05, 4.69) is 5.32 Å². The molecule has 1 atom stereocenters. The zero-order valence-electron chi connectivity index (χ0n) is 12.3. The van der Waals surface area contributed by atoms with Crippen molar-refractivity contribution in [1.29, 1.82) is 0 Å². The molecule has 0 aromatic carbocycles. The lowest BCUT2D eigenvalue weighted by Gasteiger charge is -2.18. The number of esters is 1. The van der Waals surface area contributed by atoms with Gasteiger partial charge in [-0.2, -0.15) is 0 Å². The maximum atomic E-state index is 12.0. The maximum absolute atomic E-state index is 12.0. The van der Waals surface area contributed by atoms with E-state index in [-0.39, 0.29) is 24.4 Å². The first-order chi connectivity index (χ1) is 10.4. The molecule has 0 radical (unpaired) electrons. The normalized spacial score (nSPS) is 15.5. The third-order valence-electron chi connectivity index (χ3n) is 3.29. The second-order valence-electron chi connectivity index (χ2n) is 4.90. The summed E-state index contributed by atoms with van der Waals surface area (Å²) < 4.78 is 6.51. The van der Waals surface area contributed by atoms with Crippen LogP contribution in [-0.2, 0) is 20.9 Å². The number of hydrogen-bond donors (Lipinski definition) is 1. The van der Waals surface area contributed by atoms with Crippen LogP contribution in [0.25, 0.3) is 0 Å². The molecular weight excluding hydrogens is 310 g/mol. The quantitative estimate of drug-likeness (QED) is 0.773. The highest BCUT2D eigenvalue weighted by Gasteiger charge is 2.31. The summed E-state index contributed by atoms with van der Waals surface area (Å²) in [5, 5.41) is 4.22. The maximum Gasteiger partial charge on any atom is 0.324 e. The van der Waals surface area contributed by atoms with Gasteiger partial charge in [-0.25, -0.2) is 4.79 Å². The fourth-order valence-corrected chi connectivity index (χ4v) is 2.85. The Morgan fingerprint density at radius 3 is 2.73 bits per heavy atom. The molecule has 0 spiro atoms. The van der Waals surface area contributed by atoms with Gasteiger partial charge in [-0.15, -0.1) is 0 Å². The van der Waals surface area contributed by atoms with Crippen LogP contribution in [0.1, 0.15) is 19.0 Å². The standard InChI is InChI=1S/C13H17N3O5S/c1-8-7-22-13(20)15(8)5-3-10(17)21-9(2)11(18)16-6-4-14-12(16)19/h7,9H,3-6H2,1-2H3,(H,14,19)/t9-/m1/s1. The molecule has 1 aliphatic heterocycles. The van der Waals surface area contributed by atoms with Crippen LogP contribution in [0.4, 0.5) is 4.79 Å². The van der Waals surface area contributed by atoms with Gasteiger partial charge in [-0.3, -0.25) is 19.3 Å². The molecule has 1 aliphatic rings. The topological polar surface area (TPSA) is 97.7 Å². The van der Waals surface area contributed by atoms with Gasteiger partial charge in [0.2, 0.25) is 0 Å². The van der Waals surface area contributed by atoms with Crippen molar-refractivity contribution in [1.82, 2.24) is 14.8 Å². The minimum Gasteiger partial charge on any atom is -0.452 e. The van der Waals surface area contributed by atoms with E-state index in [9.17, 15) is 19.2 Å². The van der Waals surface area contributed by atoms with Crippen LogP contribution in [0.5, 0.6) is 0 Å². The van der Waals surface area contributed by atoms with E-state index >= 15 is 0 Å². The predicted molar refractivity (Wildman–Crippen MR) is 78.6 cm³/mol. The van der Waals surface area contributed by atoms with Crippen molar-refractivity contribution >= 4 is 29.2 Å². The first kappa shape index (κ1) is 16.2. The Hall–Kier alpha value is -2.16. The van der Waals surface area contributed by atoms with Gasteiger partial charge in [-0.1, -0.05) is 11.3 Å². The van der Waals surface area contributed by atoms with Gasteiger partial charge >= 0.3 is 16.9 Å². The third-order valence-corrected chi connectivity index (χ3v) is 4.18. The molecule has 2 heterocycles. The minimum atomic E-state index is -1.03. The highest BCUT2D eigenvalue weighted by atomic mass is 32.1. The number of rotatable bonds is 5. The molecule has 1 saturated heterocycles. The Bertz CT molecular complexity index is 650. The molecule has 1 fully saturated rings. The van der Waals surface area contributed by atoms with E-state index in [0.29, 0.717) is 6.54 Å². The van der Waals surface area contributed by atoms with Crippen molar-refractivity contribution in [3.05, 3.63) is 20.7 Å². The highest BCUT2D eigenvalue weighted by molar-refractivity contribution is 7.07. The van der Waals surface area contributed by atoms with Gasteiger partial charge in [0, 0.05) is 30.7 Å². The lowest BCUT2D eigenvalue weighted by Crippen LogP contribution is -2.41. The zero-order valence-corrected chi connectivity index (χ0v) is 13.1. The molecule has 22 heavy (non-hydrogen) atoms. The second kappa shape index (κ2) is 6.73. The van der Waals surface area contributed by atoms with E-state index in [1.807, 2.05) is 0 Å². The number of aryl methyl sites for hydroxylation is 1. The number of ether oxygens (including phenoxy) is 1. The fraction of sp³-hybridized carbons (Fsp3) is 0.538. The minimum absolute atomic E-state index is 0.0126. The van der Waals surface area contributed by atoms with Crippen LogP contribution in [0.15, 0.2) is 10.2 Å². The molecule has 9 heteroatoms. The van der Waals surface area contributed by atoms with E-state index in [0.717, 1.165) is 21.9 Å². The summed E-state index contributed by atoms with van der Waals surface area (Å²) >= 11 is 1.07. The van der Waals surface area contributed by atoms with Crippen LogP contribution in [0.2, 0.25) is 0 Å². The molecule has 0 unspecified atom stereocenters. The first-order valence-electron chi connectivity index (χ1n) is 6.83. The average Bonchev–Trinajstić information content (AvgIpc) is 3.02. The molecule has 8 nitrogen and oxygen atoms in total. The molecule has 3 amide bonds. The molecule has 120 valence electrons.